The van der Waals surface area contributed by atoms with Crippen molar-refractivity contribution in [3.63, 3.8) is 0 Å². The second kappa shape index (κ2) is 8.93. The lowest BCUT2D eigenvalue weighted by molar-refractivity contribution is -0.166. The van der Waals surface area contributed by atoms with Crippen molar-refractivity contribution in [2.24, 2.45) is 46.3 Å². The number of aromatic nitrogens is 2. The zero-order chi connectivity index (χ0) is 24.1. The average Bonchev–Trinajstić information content (AvgIpc) is 3.42. The highest BCUT2D eigenvalue weighted by atomic mass is 16.5. The van der Waals surface area contributed by atoms with Crippen molar-refractivity contribution < 1.29 is 9.84 Å². The fourth-order valence-corrected chi connectivity index (χ4v) is 9.67. The van der Waals surface area contributed by atoms with Gasteiger partial charge in [-0.2, -0.15) is 10.4 Å². The van der Waals surface area contributed by atoms with Crippen molar-refractivity contribution in [1.82, 2.24) is 9.78 Å². The number of rotatable bonds is 6. The zero-order valence-corrected chi connectivity index (χ0v) is 21.8. The van der Waals surface area contributed by atoms with Gasteiger partial charge < -0.3 is 9.84 Å². The summed E-state index contributed by atoms with van der Waals surface area (Å²) >= 11 is 0. The molecular weight excluding hydrogens is 422 g/mol. The topological polar surface area (TPSA) is 71.1 Å². The summed E-state index contributed by atoms with van der Waals surface area (Å²) in [4.78, 5) is 0. The lowest BCUT2D eigenvalue weighted by Gasteiger charge is -2.62. The molecule has 4 aliphatic carbocycles. The summed E-state index contributed by atoms with van der Waals surface area (Å²) in [6.45, 7) is 11.7. The van der Waals surface area contributed by atoms with Gasteiger partial charge >= 0.3 is 0 Å². The summed E-state index contributed by atoms with van der Waals surface area (Å²) < 4.78 is 7.67. The SMILES string of the molecule is CCOC[C@@]1(O)CC[C@@]2(C)[C@H](CC[C@@H]3[C@@H]2CC[C@]2(C)[C@@H]([C@H](C)Cn4ccc(C#N)n4)CC[C@@H]32)C1. The molecule has 0 aromatic carbocycles. The van der Waals surface area contributed by atoms with Crippen LogP contribution in [-0.2, 0) is 11.3 Å². The minimum absolute atomic E-state index is 0.384. The Morgan fingerprint density at radius 2 is 1.94 bits per heavy atom. The molecule has 9 atom stereocenters. The van der Waals surface area contributed by atoms with E-state index in [1.54, 1.807) is 0 Å². The van der Waals surface area contributed by atoms with Crippen LogP contribution < -0.4 is 0 Å². The second-order valence-electron chi connectivity index (χ2n) is 13.0. The van der Waals surface area contributed by atoms with Crippen LogP contribution in [0, 0.1) is 57.7 Å². The molecule has 188 valence electrons. The molecule has 0 radical (unpaired) electrons. The standard InChI is InChI=1S/C29H45N3O2/c1-5-34-19-29(33)14-13-27(3)21(16-29)6-7-23-25-9-8-24(28(25,4)12-10-26(23)27)20(2)18-32-15-11-22(17-30)31-32/h11,15,20-21,23-26,33H,5-10,12-14,16,18-19H2,1-4H3/t20-,21-,23+,24-,25+,26+,27+,28-,29-/m1/s1. The maximum atomic E-state index is 11.2. The first-order valence-electron chi connectivity index (χ1n) is 14.0. The Kier molecular flexibility index (Phi) is 6.39. The second-order valence-corrected chi connectivity index (χ2v) is 13.0. The van der Waals surface area contributed by atoms with Crippen molar-refractivity contribution in [2.75, 3.05) is 13.2 Å². The third-order valence-electron chi connectivity index (χ3n) is 11.4. The largest absolute Gasteiger partial charge is 0.387 e. The van der Waals surface area contributed by atoms with Crippen molar-refractivity contribution in [3.05, 3.63) is 18.0 Å². The first-order valence-corrected chi connectivity index (χ1v) is 14.0. The van der Waals surface area contributed by atoms with Crippen LogP contribution in [0.4, 0.5) is 0 Å². The van der Waals surface area contributed by atoms with Gasteiger partial charge in [-0.1, -0.05) is 20.8 Å². The molecule has 0 amide bonds. The van der Waals surface area contributed by atoms with Crippen LogP contribution in [0.2, 0.25) is 0 Å². The molecule has 4 fully saturated rings. The van der Waals surface area contributed by atoms with Gasteiger partial charge in [0, 0.05) is 19.3 Å². The summed E-state index contributed by atoms with van der Waals surface area (Å²) in [5.41, 5.74) is 0.727. The summed E-state index contributed by atoms with van der Waals surface area (Å²) in [7, 11) is 0. The van der Waals surface area contributed by atoms with E-state index in [1.807, 2.05) is 23.9 Å². The fourth-order valence-electron chi connectivity index (χ4n) is 9.67. The fraction of sp³-hybridized carbons (Fsp3) is 0.862. The maximum Gasteiger partial charge on any atom is 0.162 e. The molecule has 0 unspecified atom stereocenters. The van der Waals surface area contributed by atoms with E-state index < -0.39 is 5.60 Å². The summed E-state index contributed by atoms with van der Waals surface area (Å²) in [6, 6.07) is 3.99. The van der Waals surface area contributed by atoms with Crippen molar-refractivity contribution in [3.8, 4) is 6.07 Å². The van der Waals surface area contributed by atoms with Crippen molar-refractivity contribution >= 4 is 0 Å². The number of nitrogens with zero attached hydrogens (tertiary/aromatic N) is 3. The molecule has 0 aliphatic heterocycles. The Balaban J connectivity index is 1.29. The van der Waals surface area contributed by atoms with E-state index in [4.69, 9.17) is 10.00 Å². The minimum atomic E-state index is -0.609. The van der Waals surface area contributed by atoms with E-state index in [-0.39, 0.29) is 0 Å². The van der Waals surface area contributed by atoms with Crippen LogP contribution in [-0.4, -0.2) is 33.7 Å². The first kappa shape index (κ1) is 24.3. The van der Waals surface area contributed by atoms with Gasteiger partial charge in [0.05, 0.1) is 12.2 Å². The summed E-state index contributed by atoms with van der Waals surface area (Å²) in [5.74, 6) is 4.47. The highest BCUT2D eigenvalue weighted by molar-refractivity contribution is 5.16. The van der Waals surface area contributed by atoms with E-state index in [0.717, 1.165) is 49.5 Å². The summed E-state index contributed by atoms with van der Waals surface area (Å²) in [5, 5.41) is 24.8. The molecule has 5 heteroatoms. The number of nitriles is 1. The Hall–Kier alpha value is -1.38. The number of hydrogen-bond acceptors (Lipinski definition) is 4. The predicted molar refractivity (Wildman–Crippen MR) is 133 cm³/mol. The molecule has 34 heavy (non-hydrogen) atoms. The number of ether oxygens (including phenoxy) is 1. The molecule has 1 aromatic rings. The highest BCUT2D eigenvalue weighted by Gasteiger charge is 2.61. The molecular formula is C29H45N3O2. The quantitative estimate of drug-likeness (QED) is 0.572. The van der Waals surface area contributed by atoms with E-state index in [9.17, 15) is 5.11 Å². The number of aliphatic hydroxyl groups is 1. The van der Waals surface area contributed by atoms with Gasteiger partial charge in [-0.05, 0) is 117 Å². The summed E-state index contributed by atoms with van der Waals surface area (Å²) in [6.07, 6.45) is 13.0. The van der Waals surface area contributed by atoms with Crippen LogP contribution in [0.15, 0.2) is 12.3 Å². The lowest BCUT2D eigenvalue weighted by Crippen LogP contribution is -2.56. The molecule has 1 heterocycles. The van der Waals surface area contributed by atoms with Gasteiger partial charge in [0.2, 0.25) is 0 Å². The van der Waals surface area contributed by atoms with Gasteiger partial charge in [-0.15, -0.1) is 0 Å². The first-order chi connectivity index (χ1) is 16.2. The van der Waals surface area contributed by atoms with Crippen LogP contribution >= 0.6 is 0 Å². The van der Waals surface area contributed by atoms with Crippen LogP contribution in [0.3, 0.4) is 0 Å². The molecule has 5 rings (SSSR count). The maximum absolute atomic E-state index is 11.2. The lowest BCUT2D eigenvalue weighted by atomic mass is 9.43. The Morgan fingerprint density at radius 1 is 1.15 bits per heavy atom. The Labute approximate surface area is 206 Å². The van der Waals surface area contributed by atoms with Gasteiger partial charge in [0.25, 0.3) is 0 Å². The Bertz CT molecular complexity index is 923. The Morgan fingerprint density at radius 3 is 2.68 bits per heavy atom. The number of fused-ring (bicyclic) bond motifs is 5. The van der Waals surface area contributed by atoms with Crippen LogP contribution in [0.1, 0.15) is 91.2 Å². The van der Waals surface area contributed by atoms with E-state index in [0.29, 0.717) is 41.6 Å². The van der Waals surface area contributed by atoms with Gasteiger partial charge in [0.1, 0.15) is 6.07 Å². The third-order valence-corrected chi connectivity index (χ3v) is 11.4. The monoisotopic (exact) mass is 467 g/mol. The van der Waals surface area contributed by atoms with Gasteiger partial charge in [-0.3, -0.25) is 4.68 Å². The molecule has 0 bridgehead atoms. The molecule has 1 aromatic heterocycles. The number of hydrogen-bond donors (Lipinski definition) is 1. The predicted octanol–water partition coefficient (Wildman–Crippen LogP) is 5.82. The molecule has 0 saturated heterocycles. The third kappa shape index (κ3) is 3.94. The highest BCUT2D eigenvalue weighted by Crippen LogP contribution is 2.68. The molecule has 4 aliphatic rings. The van der Waals surface area contributed by atoms with E-state index in [1.165, 1.54) is 38.5 Å². The van der Waals surface area contributed by atoms with Crippen LogP contribution in [0.5, 0.6) is 0 Å². The normalized spacial score (nSPS) is 44.5. The molecule has 0 spiro atoms. The van der Waals surface area contributed by atoms with Gasteiger partial charge in [0.15, 0.2) is 5.69 Å². The average molecular weight is 468 g/mol. The smallest absolute Gasteiger partial charge is 0.162 e. The van der Waals surface area contributed by atoms with Gasteiger partial charge in [-0.25, -0.2) is 0 Å². The van der Waals surface area contributed by atoms with Crippen molar-refractivity contribution in [2.45, 2.75) is 97.6 Å². The van der Waals surface area contributed by atoms with E-state index >= 15 is 0 Å². The van der Waals surface area contributed by atoms with Crippen LogP contribution in [0.25, 0.3) is 0 Å². The van der Waals surface area contributed by atoms with Crippen molar-refractivity contribution in [1.29, 1.82) is 5.26 Å². The molecule has 5 nitrogen and oxygen atoms in total. The minimum Gasteiger partial charge on any atom is -0.387 e. The zero-order valence-electron chi connectivity index (χ0n) is 21.8. The molecule has 4 saturated carbocycles. The molecule has 1 N–H and O–H groups in total. The van der Waals surface area contributed by atoms with E-state index in [2.05, 4.69) is 31.9 Å².